The summed E-state index contributed by atoms with van der Waals surface area (Å²) in [5, 5.41) is 8.18. The van der Waals surface area contributed by atoms with Crippen LogP contribution >= 0.6 is 0 Å². The van der Waals surface area contributed by atoms with Crippen molar-refractivity contribution in [2.24, 2.45) is 0 Å². The van der Waals surface area contributed by atoms with Gasteiger partial charge in [0.1, 0.15) is 5.75 Å². The summed E-state index contributed by atoms with van der Waals surface area (Å²) in [6.07, 6.45) is 2.07. The Bertz CT molecular complexity index is 920. The van der Waals surface area contributed by atoms with E-state index in [0.29, 0.717) is 30.2 Å². The third-order valence-corrected chi connectivity index (χ3v) is 4.07. The van der Waals surface area contributed by atoms with Gasteiger partial charge in [0.2, 0.25) is 5.91 Å². The summed E-state index contributed by atoms with van der Waals surface area (Å²) >= 11 is 0. The number of aryl methyl sites for hydroxylation is 1. The summed E-state index contributed by atoms with van der Waals surface area (Å²) in [6, 6.07) is 11.0. The second-order valence-electron chi connectivity index (χ2n) is 5.66. The molecule has 0 saturated heterocycles. The first-order valence-electron chi connectivity index (χ1n) is 8.16. The molecule has 0 aliphatic carbocycles. The minimum Gasteiger partial charge on any atom is -0.497 e. The quantitative estimate of drug-likeness (QED) is 0.705. The van der Waals surface area contributed by atoms with Crippen LogP contribution in [-0.4, -0.2) is 37.0 Å². The number of carbonyl (C=O) groups is 1. The molecule has 2 aromatic carbocycles. The summed E-state index contributed by atoms with van der Waals surface area (Å²) in [7, 11) is 4.76. The van der Waals surface area contributed by atoms with Crippen molar-refractivity contribution in [3.63, 3.8) is 0 Å². The van der Waals surface area contributed by atoms with Crippen LogP contribution in [0.2, 0.25) is 0 Å². The molecule has 7 heteroatoms. The molecule has 0 aliphatic heterocycles. The number of anilines is 1. The standard InChI is InChI=1S/C19H21N3O4/c1-24-15-5-6-16-13(10-15)12-20-22(16)9-8-19(23)21-14-4-7-17(25-2)18(11-14)26-3/h4-7,10-12H,8-9H2,1-3H3,(H,21,23). The van der Waals surface area contributed by atoms with Gasteiger partial charge in [-0.15, -0.1) is 0 Å². The molecule has 1 amide bonds. The van der Waals surface area contributed by atoms with Gasteiger partial charge in [-0.2, -0.15) is 5.10 Å². The lowest BCUT2D eigenvalue weighted by molar-refractivity contribution is -0.116. The predicted molar refractivity (Wildman–Crippen MR) is 99.1 cm³/mol. The molecule has 0 spiro atoms. The van der Waals surface area contributed by atoms with Gasteiger partial charge in [0, 0.05) is 23.6 Å². The van der Waals surface area contributed by atoms with Crippen LogP contribution in [0.1, 0.15) is 6.42 Å². The summed E-state index contributed by atoms with van der Waals surface area (Å²) < 4.78 is 17.5. The minimum atomic E-state index is -0.102. The smallest absolute Gasteiger partial charge is 0.226 e. The molecule has 7 nitrogen and oxygen atoms in total. The number of ether oxygens (including phenoxy) is 3. The number of nitrogens with zero attached hydrogens (tertiary/aromatic N) is 2. The van der Waals surface area contributed by atoms with Gasteiger partial charge in [0.25, 0.3) is 0 Å². The lowest BCUT2D eigenvalue weighted by atomic mass is 10.2. The topological polar surface area (TPSA) is 74.6 Å². The van der Waals surface area contributed by atoms with E-state index >= 15 is 0 Å². The van der Waals surface area contributed by atoms with Crippen LogP contribution in [0.4, 0.5) is 5.69 Å². The van der Waals surface area contributed by atoms with Crippen molar-refractivity contribution in [3.8, 4) is 17.2 Å². The fourth-order valence-electron chi connectivity index (χ4n) is 2.72. The Morgan fingerprint density at radius 2 is 1.85 bits per heavy atom. The van der Waals surface area contributed by atoms with Crippen molar-refractivity contribution in [1.82, 2.24) is 9.78 Å². The monoisotopic (exact) mass is 355 g/mol. The van der Waals surface area contributed by atoms with E-state index in [0.717, 1.165) is 16.7 Å². The van der Waals surface area contributed by atoms with Crippen molar-refractivity contribution < 1.29 is 19.0 Å². The second kappa shape index (κ2) is 7.77. The van der Waals surface area contributed by atoms with Crippen molar-refractivity contribution in [2.75, 3.05) is 26.6 Å². The Morgan fingerprint density at radius 3 is 2.58 bits per heavy atom. The Kier molecular flexibility index (Phi) is 5.26. The first-order chi connectivity index (χ1) is 12.6. The molecule has 3 aromatic rings. The highest BCUT2D eigenvalue weighted by molar-refractivity contribution is 5.91. The number of amides is 1. The van der Waals surface area contributed by atoms with Crippen LogP contribution in [0.25, 0.3) is 10.9 Å². The molecular weight excluding hydrogens is 334 g/mol. The van der Waals surface area contributed by atoms with E-state index in [2.05, 4.69) is 10.4 Å². The molecule has 1 N–H and O–H groups in total. The van der Waals surface area contributed by atoms with E-state index in [1.54, 1.807) is 45.7 Å². The highest BCUT2D eigenvalue weighted by atomic mass is 16.5. The molecule has 1 heterocycles. The van der Waals surface area contributed by atoms with E-state index in [4.69, 9.17) is 14.2 Å². The molecule has 0 radical (unpaired) electrons. The number of methoxy groups -OCH3 is 3. The number of hydrogen-bond donors (Lipinski definition) is 1. The normalized spacial score (nSPS) is 10.6. The van der Waals surface area contributed by atoms with Crippen molar-refractivity contribution in [1.29, 1.82) is 0 Å². The average molecular weight is 355 g/mol. The van der Waals surface area contributed by atoms with Crippen LogP contribution in [-0.2, 0) is 11.3 Å². The zero-order valence-corrected chi connectivity index (χ0v) is 15.0. The molecule has 0 atom stereocenters. The first kappa shape index (κ1) is 17.6. The van der Waals surface area contributed by atoms with Gasteiger partial charge in [0.05, 0.1) is 39.6 Å². The number of nitrogens with one attached hydrogen (secondary N) is 1. The van der Waals surface area contributed by atoms with E-state index < -0.39 is 0 Å². The molecule has 26 heavy (non-hydrogen) atoms. The molecular formula is C19H21N3O4. The number of carbonyl (C=O) groups excluding carboxylic acids is 1. The average Bonchev–Trinajstić information content (AvgIpc) is 3.08. The molecule has 3 rings (SSSR count). The van der Waals surface area contributed by atoms with Gasteiger partial charge >= 0.3 is 0 Å². The molecule has 136 valence electrons. The summed E-state index contributed by atoms with van der Waals surface area (Å²) in [4.78, 5) is 12.3. The third-order valence-electron chi connectivity index (χ3n) is 4.07. The SMILES string of the molecule is COc1ccc2c(cnn2CCC(=O)Nc2ccc(OC)c(OC)c2)c1. The summed E-state index contributed by atoms with van der Waals surface area (Å²) in [5.41, 5.74) is 1.62. The lowest BCUT2D eigenvalue weighted by Crippen LogP contribution is -2.15. The van der Waals surface area contributed by atoms with Gasteiger partial charge in [-0.3, -0.25) is 9.48 Å². The van der Waals surface area contributed by atoms with Gasteiger partial charge in [0.15, 0.2) is 11.5 Å². The molecule has 0 unspecified atom stereocenters. The highest BCUT2D eigenvalue weighted by Gasteiger charge is 2.09. The van der Waals surface area contributed by atoms with Gasteiger partial charge < -0.3 is 19.5 Å². The molecule has 0 bridgehead atoms. The van der Waals surface area contributed by atoms with Crippen LogP contribution in [0.15, 0.2) is 42.6 Å². The number of benzene rings is 2. The van der Waals surface area contributed by atoms with Crippen molar-refractivity contribution in [2.45, 2.75) is 13.0 Å². The lowest BCUT2D eigenvalue weighted by Gasteiger charge is -2.11. The van der Waals surface area contributed by atoms with Crippen LogP contribution in [0, 0.1) is 0 Å². The Labute approximate surface area is 151 Å². The number of fused-ring (bicyclic) bond motifs is 1. The van der Waals surface area contributed by atoms with E-state index in [1.807, 2.05) is 22.9 Å². The largest absolute Gasteiger partial charge is 0.497 e. The zero-order valence-electron chi connectivity index (χ0n) is 15.0. The second-order valence-corrected chi connectivity index (χ2v) is 5.66. The molecule has 0 aliphatic rings. The fourth-order valence-corrected chi connectivity index (χ4v) is 2.72. The highest BCUT2D eigenvalue weighted by Crippen LogP contribution is 2.29. The van der Waals surface area contributed by atoms with E-state index in [-0.39, 0.29) is 5.91 Å². The molecule has 0 saturated carbocycles. The first-order valence-corrected chi connectivity index (χ1v) is 8.16. The van der Waals surface area contributed by atoms with Crippen molar-refractivity contribution >= 4 is 22.5 Å². The Balaban J connectivity index is 1.64. The van der Waals surface area contributed by atoms with Gasteiger partial charge in [-0.1, -0.05) is 0 Å². The van der Waals surface area contributed by atoms with E-state index in [9.17, 15) is 4.79 Å². The van der Waals surface area contributed by atoms with Crippen LogP contribution < -0.4 is 19.5 Å². The van der Waals surface area contributed by atoms with E-state index in [1.165, 1.54) is 0 Å². The number of hydrogen-bond acceptors (Lipinski definition) is 5. The maximum atomic E-state index is 12.3. The Hall–Kier alpha value is -3.22. The maximum Gasteiger partial charge on any atom is 0.226 e. The van der Waals surface area contributed by atoms with Gasteiger partial charge in [-0.05, 0) is 30.3 Å². The number of aromatic nitrogens is 2. The predicted octanol–water partition coefficient (Wildman–Crippen LogP) is 3.09. The summed E-state index contributed by atoms with van der Waals surface area (Å²) in [5.74, 6) is 1.86. The van der Waals surface area contributed by atoms with Crippen molar-refractivity contribution in [3.05, 3.63) is 42.6 Å². The van der Waals surface area contributed by atoms with Gasteiger partial charge in [-0.25, -0.2) is 0 Å². The minimum absolute atomic E-state index is 0.102. The zero-order chi connectivity index (χ0) is 18.5. The maximum absolute atomic E-state index is 12.3. The Morgan fingerprint density at radius 1 is 1.04 bits per heavy atom. The number of rotatable bonds is 7. The fraction of sp³-hybridized carbons (Fsp3) is 0.263. The summed E-state index contributed by atoms with van der Waals surface area (Å²) in [6.45, 7) is 0.481. The molecule has 0 fully saturated rings. The van der Waals surface area contributed by atoms with Crippen LogP contribution in [0.3, 0.4) is 0 Å². The van der Waals surface area contributed by atoms with Crippen LogP contribution in [0.5, 0.6) is 17.2 Å². The third kappa shape index (κ3) is 3.72. The molecule has 1 aromatic heterocycles.